The van der Waals surface area contributed by atoms with Crippen LogP contribution in [0.2, 0.25) is 0 Å². The molecule has 0 radical (unpaired) electrons. The molecule has 1 aromatic carbocycles. The van der Waals surface area contributed by atoms with Crippen LogP contribution in [-0.4, -0.2) is 11.8 Å². The van der Waals surface area contributed by atoms with Crippen molar-refractivity contribution in [3.63, 3.8) is 0 Å². The summed E-state index contributed by atoms with van der Waals surface area (Å²) in [7, 11) is 0. The summed E-state index contributed by atoms with van der Waals surface area (Å²) in [4.78, 5) is 21.3. The van der Waals surface area contributed by atoms with Crippen molar-refractivity contribution in [2.45, 2.75) is 13.5 Å². The molecule has 3 N–H and O–H groups in total. The molecule has 4 nitrogen and oxygen atoms in total. The fourth-order valence-electron chi connectivity index (χ4n) is 1.07. The molecule has 0 aromatic heterocycles. The predicted octanol–water partition coefficient (Wildman–Crippen LogP) is 0.0965. The van der Waals surface area contributed by atoms with Gasteiger partial charge in [-0.25, -0.2) is 0 Å². The van der Waals surface area contributed by atoms with Gasteiger partial charge in [0.2, 0.25) is 0 Å². The van der Waals surface area contributed by atoms with E-state index in [1.165, 1.54) is 0 Å². The van der Waals surface area contributed by atoms with E-state index in [1.807, 2.05) is 31.2 Å². The summed E-state index contributed by atoms with van der Waals surface area (Å²) in [6.07, 6.45) is 0. The fourth-order valence-corrected chi connectivity index (χ4v) is 1.07. The van der Waals surface area contributed by atoms with Crippen LogP contribution in [0.5, 0.6) is 0 Å². The van der Waals surface area contributed by atoms with Crippen molar-refractivity contribution in [2.24, 2.45) is 5.73 Å². The molecule has 0 saturated heterocycles. The number of nitrogens with one attached hydrogen (secondary N) is 1. The molecule has 74 valence electrons. The number of nitrogens with two attached hydrogens (primary N) is 1. The molecule has 0 aliphatic heterocycles. The number of carbonyl (C=O) groups excluding carboxylic acids is 2. The van der Waals surface area contributed by atoms with Crippen molar-refractivity contribution in [3.05, 3.63) is 35.4 Å². The average molecular weight is 192 g/mol. The number of carbonyl (C=O) groups is 2. The number of hydrogen-bond acceptors (Lipinski definition) is 2. The molecular weight excluding hydrogens is 180 g/mol. The monoisotopic (exact) mass is 192 g/mol. The highest BCUT2D eigenvalue weighted by Gasteiger charge is 2.07. The van der Waals surface area contributed by atoms with Gasteiger partial charge < -0.3 is 11.1 Å². The lowest BCUT2D eigenvalue weighted by Crippen LogP contribution is -2.35. The first-order chi connectivity index (χ1) is 6.61. The number of rotatable bonds is 2. The van der Waals surface area contributed by atoms with Crippen molar-refractivity contribution in [2.75, 3.05) is 0 Å². The summed E-state index contributed by atoms with van der Waals surface area (Å²) >= 11 is 0. The highest BCUT2D eigenvalue weighted by Crippen LogP contribution is 2.05. The van der Waals surface area contributed by atoms with Gasteiger partial charge in [0, 0.05) is 6.54 Å². The second kappa shape index (κ2) is 4.41. The number of primary amides is 1. The van der Waals surface area contributed by atoms with Crippen molar-refractivity contribution in [3.8, 4) is 0 Å². The van der Waals surface area contributed by atoms with Crippen LogP contribution in [-0.2, 0) is 16.1 Å². The van der Waals surface area contributed by atoms with Gasteiger partial charge in [-0.05, 0) is 18.1 Å². The average Bonchev–Trinajstić information content (AvgIpc) is 2.16. The van der Waals surface area contributed by atoms with E-state index in [0.29, 0.717) is 6.54 Å². The van der Waals surface area contributed by atoms with Crippen molar-refractivity contribution >= 4 is 11.8 Å². The molecule has 14 heavy (non-hydrogen) atoms. The molecule has 0 bridgehead atoms. The van der Waals surface area contributed by atoms with Crippen LogP contribution < -0.4 is 11.1 Å². The minimum atomic E-state index is -0.960. The first-order valence-electron chi connectivity index (χ1n) is 4.23. The Morgan fingerprint density at radius 1 is 1.36 bits per heavy atom. The zero-order chi connectivity index (χ0) is 10.6. The summed E-state index contributed by atoms with van der Waals surface area (Å²) in [5.41, 5.74) is 6.83. The van der Waals surface area contributed by atoms with Gasteiger partial charge in [-0.2, -0.15) is 0 Å². The molecule has 0 unspecified atom stereocenters. The van der Waals surface area contributed by atoms with Crippen LogP contribution in [0.25, 0.3) is 0 Å². The van der Waals surface area contributed by atoms with Gasteiger partial charge in [0.1, 0.15) is 0 Å². The van der Waals surface area contributed by atoms with Gasteiger partial charge in [-0.1, -0.05) is 24.3 Å². The predicted molar refractivity (Wildman–Crippen MR) is 52.2 cm³/mol. The van der Waals surface area contributed by atoms with Crippen LogP contribution in [0, 0.1) is 6.92 Å². The first-order valence-corrected chi connectivity index (χ1v) is 4.23. The third-order valence-electron chi connectivity index (χ3n) is 1.92. The van der Waals surface area contributed by atoms with E-state index in [-0.39, 0.29) is 0 Å². The van der Waals surface area contributed by atoms with Crippen LogP contribution in [0.15, 0.2) is 24.3 Å². The minimum Gasteiger partial charge on any atom is -0.361 e. The van der Waals surface area contributed by atoms with Crippen molar-refractivity contribution in [1.29, 1.82) is 0 Å². The molecule has 0 saturated carbocycles. The van der Waals surface area contributed by atoms with Crippen LogP contribution in [0.3, 0.4) is 0 Å². The lowest BCUT2D eigenvalue weighted by atomic mass is 10.1. The summed E-state index contributed by atoms with van der Waals surface area (Å²) in [5.74, 6) is -1.72. The third-order valence-corrected chi connectivity index (χ3v) is 1.92. The Balaban J connectivity index is 2.58. The maximum absolute atomic E-state index is 10.8. The van der Waals surface area contributed by atoms with E-state index in [2.05, 4.69) is 5.32 Å². The maximum Gasteiger partial charge on any atom is 0.309 e. The van der Waals surface area contributed by atoms with Gasteiger partial charge in [0.05, 0.1) is 0 Å². The molecule has 1 aromatic rings. The second-order valence-corrected chi connectivity index (χ2v) is 2.97. The van der Waals surface area contributed by atoms with E-state index in [0.717, 1.165) is 11.1 Å². The fraction of sp³-hybridized carbons (Fsp3) is 0.200. The standard InChI is InChI=1S/C10H12N2O2/c1-7-4-2-3-5-8(7)6-12-10(14)9(11)13/h2-5H,6H2,1H3,(H2,11,13)(H,12,14). The Bertz CT molecular complexity index is 361. The Labute approximate surface area is 82.1 Å². The molecule has 0 spiro atoms. The van der Waals surface area contributed by atoms with E-state index < -0.39 is 11.8 Å². The lowest BCUT2D eigenvalue weighted by Gasteiger charge is -2.05. The minimum absolute atomic E-state index is 0.328. The van der Waals surface area contributed by atoms with E-state index in [4.69, 9.17) is 5.73 Å². The van der Waals surface area contributed by atoms with Gasteiger partial charge in [-0.15, -0.1) is 0 Å². The molecular formula is C10H12N2O2. The molecule has 4 heteroatoms. The number of hydrogen-bond donors (Lipinski definition) is 2. The lowest BCUT2D eigenvalue weighted by molar-refractivity contribution is -0.137. The smallest absolute Gasteiger partial charge is 0.309 e. The summed E-state index contributed by atoms with van der Waals surface area (Å²) in [6.45, 7) is 2.26. The van der Waals surface area contributed by atoms with Crippen molar-refractivity contribution < 1.29 is 9.59 Å². The molecule has 0 atom stereocenters. The zero-order valence-corrected chi connectivity index (χ0v) is 7.91. The quantitative estimate of drug-likeness (QED) is 0.652. The molecule has 0 heterocycles. The highest BCUT2D eigenvalue weighted by molar-refractivity contribution is 6.34. The molecule has 2 amide bonds. The third kappa shape index (κ3) is 2.58. The summed E-state index contributed by atoms with van der Waals surface area (Å²) < 4.78 is 0. The highest BCUT2D eigenvalue weighted by atomic mass is 16.2. The topological polar surface area (TPSA) is 72.2 Å². The first kappa shape index (κ1) is 10.2. The normalized spacial score (nSPS) is 9.50. The van der Waals surface area contributed by atoms with Crippen LogP contribution in [0.4, 0.5) is 0 Å². The molecule has 0 aliphatic carbocycles. The maximum atomic E-state index is 10.8. The number of aryl methyl sites for hydroxylation is 1. The Morgan fingerprint density at radius 3 is 2.57 bits per heavy atom. The van der Waals surface area contributed by atoms with Crippen molar-refractivity contribution in [1.82, 2.24) is 5.32 Å². The molecule has 0 fully saturated rings. The zero-order valence-electron chi connectivity index (χ0n) is 7.91. The Kier molecular flexibility index (Phi) is 3.23. The molecule has 0 aliphatic rings. The van der Waals surface area contributed by atoms with Crippen LogP contribution in [0.1, 0.15) is 11.1 Å². The van der Waals surface area contributed by atoms with Gasteiger partial charge in [-0.3, -0.25) is 9.59 Å². The van der Waals surface area contributed by atoms with E-state index in [9.17, 15) is 9.59 Å². The Morgan fingerprint density at radius 2 is 2.00 bits per heavy atom. The van der Waals surface area contributed by atoms with Crippen LogP contribution >= 0.6 is 0 Å². The van der Waals surface area contributed by atoms with Gasteiger partial charge in [0.25, 0.3) is 0 Å². The summed E-state index contributed by atoms with van der Waals surface area (Å²) in [5, 5.41) is 2.43. The molecule has 1 rings (SSSR count). The van der Waals surface area contributed by atoms with Gasteiger partial charge in [0.15, 0.2) is 0 Å². The van der Waals surface area contributed by atoms with E-state index in [1.54, 1.807) is 0 Å². The Hall–Kier alpha value is -1.84. The van der Waals surface area contributed by atoms with Gasteiger partial charge >= 0.3 is 11.8 Å². The second-order valence-electron chi connectivity index (χ2n) is 2.97. The summed E-state index contributed by atoms with van der Waals surface area (Å²) in [6, 6.07) is 7.61. The number of benzene rings is 1. The largest absolute Gasteiger partial charge is 0.361 e. The number of amides is 2. The SMILES string of the molecule is Cc1ccccc1CNC(=O)C(N)=O. The van der Waals surface area contributed by atoms with E-state index >= 15 is 0 Å².